The molecule has 70 valence electrons. The van der Waals surface area contributed by atoms with Gasteiger partial charge in [0.2, 0.25) is 0 Å². The van der Waals surface area contributed by atoms with Gasteiger partial charge in [-0.1, -0.05) is 0 Å². The van der Waals surface area contributed by atoms with Crippen molar-refractivity contribution in [2.24, 2.45) is 0 Å². The molecule has 4 nitrogen and oxygen atoms in total. The molecular formula is C9H12N2O2. The van der Waals surface area contributed by atoms with Crippen LogP contribution in [0, 0.1) is 0 Å². The Morgan fingerprint density at radius 3 is 3.23 bits per heavy atom. The van der Waals surface area contributed by atoms with Crippen molar-refractivity contribution < 1.29 is 9.53 Å². The molecule has 0 bridgehead atoms. The smallest absolute Gasteiger partial charge is 0.253 e. The van der Waals surface area contributed by atoms with Crippen molar-refractivity contribution in [1.29, 1.82) is 0 Å². The average molecular weight is 180 g/mol. The van der Waals surface area contributed by atoms with Crippen LogP contribution < -0.4 is 5.32 Å². The number of hydrogen-bond acceptors (Lipinski definition) is 2. The lowest BCUT2D eigenvalue weighted by molar-refractivity contribution is 0.0930. The number of amides is 1. The molecule has 1 atom stereocenters. The van der Waals surface area contributed by atoms with E-state index in [0.717, 1.165) is 13.0 Å². The van der Waals surface area contributed by atoms with Crippen LogP contribution in [0.25, 0.3) is 0 Å². The van der Waals surface area contributed by atoms with Crippen LogP contribution in [0.5, 0.6) is 0 Å². The van der Waals surface area contributed by atoms with Crippen molar-refractivity contribution >= 4 is 5.91 Å². The van der Waals surface area contributed by atoms with Crippen LogP contribution in [-0.2, 0) is 4.74 Å². The fourth-order valence-corrected chi connectivity index (χ4v) is 1.38. The molecule has 1 fully saturated rings. The lowest BCUT2D eigenvalue weighted by Gasteiger charge is -2.08. The SMILES string of the molecule is O=C(NC1CCOC1)c1cc[nH]c1. The third-order valence-corrected chi connectivity index (χ3v) is 2.13. The Balaban J connectivity index is 1.91. The monoisotopic (exact) mass is 180 g/mol. The fourth-order valence-electron chi connectivity index (χ4n) is 1.38. The molecule has 4 heteroatoms. The molecule has 1 aliphatic heterocycles. The Hall–Kier alpha value is -1.29. The molecule has 0 spiro atoms. The highest BCUT2D eigenvalue weighted by atomic mass is 16.5. The molecule has 0 radical (unpaired) electrons. The minimum Gasteiger partial charge on any atom is -0.379 e. The number of aromatic amines is 1. The molecule has 13 heavy (non-hydrogen) atoms. The average Bonchev–Trinajstić information content (AvgIpc) is 2.74. The lowest BCUT2D eigenvalue weighted by atomic mass is 10.2. The van der Waals surface area contributed by atoms with E-state index in [-0.39, 0.29) is 11.9 Å². The Morgan fingerprint density at radius 2 is 2.62 bits per heavy atom. The van der Waals surface area contributed by atoms with Gasteiger partial charge in [0.05, 0.1) is 18.2 Å². The number of rotatable bonds is 2. The van der Waals surface area contributed by atoms with E-state index in [1.165, 1.54) is 0 Å². The standard InChI is InChI=1S/C9H12N2O2/c12-9(7-1-3-10-5-7)11-8-2-4-13-6-8/h1,3,5,8,10H,2,4,6H2,(H,11,12). The summed E-state index contributed by atoms with van der Waals surface area (Å²) in [5.41, 5.74) is 0.673. The number of ether oxygens (including phenoxy) is 1. The first-order valence-corrected chi connectivity index (χ1v) is 4.37. The zero-order valence-electron chi connectivity index (χ0n) is 7.25. The zero-order valence-corrected chi connectivity index (χ0v) is 7.25. The quantitative estimate of drug-likeness (QED) is 0.697. The Morgan fingerprint density at radius 1 is 1.69 bits per heavy atom. The highest BCUT2D eigenvalue weighted by Gasteiger charge is 2.18. The summed E-state index contributed by atoms with van der Waals surface area (Å²) in [7, 11) is 0. The van der Waals surface area contributed by atoms with Crippen LogP contribution in [-0.4, -0.2) is 30.1 Å². The Labute approximate surface area is 76.3 Å². The number of H-pyrrole nitrogens is 1. The van der Waals surface area contributed by atoms with E-state index in [1.807, 2.05) is 0 Å². The first-order chi connectivity index (χ1) is 6.36. The van der Waals surface area contributed by atoms with Crippen LogP contribution in [0.2, 0.25) is 0 Å². The second-order valence-electron chi connectivity index (χ2n) is 3.13. The Kier molecular flexibility index (Phi) is 2.31. The summed E-state index contributed by atoms with van der Waals surface area (Å²) in [6.07, 6.45) is 4.33. The summed E-state index contributed by atoms with van der Waals surface area (Å²) in [6.45, 7) is 1.38. The summed E-state index contributed by atoms with van der Waals surface area (Å²) in [5, 5.41) is 2.90. The van der Waals surface area contributed by atoms with Crippen molar-refractivity contribution in [2.75, 3.05) is 13.2 Å². The van der Waals surface area contributed by atoms with Crippen LogP contribution >= 0.6 is 0 Å². The highest BCUT2D eigenvalue weighted by molar-refractivity contribution is 5.94. The summed E-state index contributed by atoms with van der Waals surface area (Å²) in [5.74, 6) is -0.0308. The molecule has 0 aliphatic carbocycles. The number of carbonyl (C=O) groups is 1. The third-order valence-electron chi connectivity index (χ3n) is 2.13. The van der Waals surface area contributed by atoms with E-state index >= 15 is 0 Å². The summed E-state index contributed by atoms with van der Waals surface area (Å²) in [6, 6.07) is 1.94. The normalized spacial score (nSPS) is 21.7. The summed E-state index contributed by atoms with van der Waals surface area (Å²) >= 11 is 0. The van der Waals surface area contributed by atoms with Gasteiger partial charge in [0.1, 0.15) is 0 Å². The van der Waals surface area contributed by atoms with E-state index < -0.39 is 0 Å². The van der Waals surface area contributed by atoms with Gasteiger partial charge in [-0.15, -0.1) is 0 Å². The molecule has 2 heterocycles. The fraction of sp³-hybridized carbons (Fsp3) is 0.444. The molecule has 1 amide bonds. The molecule has 1 saturated heterocycles. The van der Waals surface area contributed by atoms with Gasteiger partial charge in [-0.3, -0.25) is 4.79 Å². The molecule has 0 aromatic carbocycles. The minimum absolute atomic E-state index is 0.0308. The number of aromatic nitrogens is 1. The van der Waals surface area contributed by atoms with Crippen LogP contribution in [0.3, 0.4) is 0 Å². The number of carbonyl (C=O) groups excluding carboxylic acids is 1. The predicted molar refractivity (Wildman–Crippen MR) is 47.5 cm³/mol. The van der Waals surface area contributed by atoms with E-state index in [0.29, 0.717) is 12.2 Å². The van der Waals surface area contributed by atoms with Gasteiger partial charge in [0.15, 0.2) is 0 Å². The van der Waals surface area contributed by atoms with Gasteiger partial charge in [-0.2, -0.15) is 0 Å². The second-order valence-corrected chi connectivity index (χ2v) is 3.13. The topological polar surface area (TPSA) is 54.1 Å². The summed E-state index contributed by atoms with van der Waals surface area (Å²) in [4.78, 5) is 14.3. The van der Waals surface area contributed by atoms with Crippen molar-refractivity contribution in [2.45, 2.75) is 12.5 Å². The zero-order chi connectivity index (χ0) is 9.10. The Bertz CT molecular complexity index is 276. The van der Waals surface area contributed by atoms with Gasteiger partial charge in [0, 0.05) is 19.0 Å². The lowest BCUT2D eigenvalue weighted by Crippen LogP contribution is -2.34. The maximum atomic E-state index is 11.5. The molecule has 1 unspecified atom stereocenters. The van der Waals surface area contributed by atoms with Crippen LogP contribution in [0.15, 0.2) is 18.5 Å². The van der Waals surface area contributed by atoms with Gasteiger partial charge in [-0.25, -0.2) is 0 Å². The molecule has 1 aromatic rings. The molecule has 1 aliphatic rings. The first-order valence-electron chi connectivity index (χ1n) is 4.37. The van der Waals surface area contributed by atoms with Gasteiger partial charge < -0.3 is 15.0 Å². The van der Waals surface area contributed by atoms with Crippen molar-refractivity contribution in [3.05, 3.63) is 24.0 Å². The second kappa shape index (κ2) is 3.62. The highest BCUT2D eigenvalue weighted by Crippen LogP contribution is 2.05. The third kappa shape index (κ3) is 1.89. The van der Waals surface area contributed by atoms with Crippen LogP contribution in [0.1, 0.15) is 16.8 Å². The van der Waals surface area contributed by atoms with Crippen LogP contribution in [0.4, 0.5) is 0 Å². The van der Waals surface area contributed by atoms with E-state index in [2.05, 4.69) is 10.3 Å². The maximum Gasteiger partial charge on any atom is 0.253 e. The number of nitrogens with one attached hydrogen (secondary N) is 2. The number of hydrogen-bond donors (Lipinski definition) is 2. The largest absolute Gasteiger partial charge is 0.379 e. The molecule has 2 rings (SSSR count). The molecule has 1 aromatic heterocycles. The van der Waals surface area contributed by atoms with E-state index in [4.69, 9.17) is 4.74 Å². The molecular weight excluding hydrogens is 168 g/mol. The maximum absolute atomic E-state index is 11.5. The van der Waals surface area contributed by atoms with Gasteiger partial charge in [-0.05, 0) is 12.5 Å². The minimum atomic E-state index is -0.0308. The van der Waals surface area contributed by atoms with E-state index in [9.17, 15) is 4.79 Å². The summed E-state index contributed by atoms with van der Waals surface area (Å²) < 4.78 is 5.15. The molecule has 2 N–H and O–H groups in total. The predicted octanol–water partition coefficient (Wildman–Crippen LogP) is 0.533. The van der Waals surface area contributed by atoms with E-state index in [1.54, 1.807) is 18.5 Å². The van der Waals surface area contributed by atoms with Gasteiger partial charge >= 0.3 is 0 Å². The van der Waals surface area contributed by atoms with Crippen molar-refractivity contribution in [3.8, 4) is 0 Å². The molecule has 0 saturated carbocycles. The van der Waals surface area contributed by atoms with Crippen molar-refractivity contribution in [3.63, 3.8) is 0 Å². The first kappa shape index (κ1) is 8.31. The van der Waals surface area contributed by atoms with Crippen molar-refractivity contribution in [1.82, 2.24) is 10.3 Å². The van der Waals surface area contributed by atoms with Gasteiger partial charge in [0.25, 0.3) is 5.91 Å².